The molecule has 0 bridgehead atoms. The summed E-state index contributed by atoms with van der Waals surface area (Å²) in [5.74, 6) is -0.00633. The number of pyridine rings is 1. The van der Waals surface area contributed by atoms with Crippen LogP contribution in [0.1, 0.15) is 22.3 Å². The van der Waals surface area contributed by atoms with Crippen LogP contribution in [-0.2, 0) is 6.54 Å². The Bertz CT molecular complexity index is 874. The Kier molecular flexibility index (Phi) is 3.74. The molecule has 122 valence electrons. The van der Waals surface area contributed by atoms with Gasteiger partial charge in [-0.2, -0.15) is 5.10 Å². The summed E-state index contributed by atoms with van der Waals surface area (Å²) in [5.41, 5.74) is 8.43. The number of nitrogens with zero attached hydrogens (tertiary/aromatic N) is 4. The predicted octanol–water partition coefficient (Wildman–Crippen LogP) is 1.65. The minimum absolute atomic E-state index is 0.00633. The maximum Gasteiger partial charge on any atom is 0.255 e. The van der Waals surface area contributed by atoms with Crippen LogP contribution in [0, 0.1) is 0 Å². The number of benzene rings is 1. The molecule has 1 saturated heterocycles. The van der Waals surface area contributed by atoms with E-state index in [1.165, 1.54) is 0 Å². The minimum Gasteiger partial charge on any atom is -0.337 e. The number of rotatable bonds is 3. The lowest BCUT2D eigenvalue weighted by atomic mass is 10.2. The first-order valence-corrected chi connectivity index (χ1v) is 8.11. The van der Waals surface area contributed by atoms with E-state index in [-0.39, 0.29) is 11.9 Å². The summed E-state index contributed by atoms with van der Waals surface area (Å²) in [6, 6.07) is 12.1. The van der Waals surface area contributed by atoms with Crippen LogP contribution >= 0.6 is 0 Å². The molecule has 0 radical (unpaired) electrons. The van der Waals surface area contributed by atoms with Crippen LogP contribution in [0.3, 0.4) is 0 Å². The summed E-state index contributed by atoms with van der Waals surface area (Å²) in [5, 5.41) is 5.29. The molecule has 6 heteroatoms. The third kappa shape index (κ3) is 2.76. The van der Waals surface area contributed by atoms with E-state index in [1.54, 1.807) is 17.3 Å². The zero-order valence-electron chi connectivity index (χ0n) is 13.3. The maximum absolute atomic E-state index is 12.5. The Morgan fingerprint density at radius 1 is 1.25 bits per heavy atom. The van der Waals surface area contributed by atoms with Gasteiger partial charge >= 0.3 is 0 Å². The van der Waals surface area contributed by atoms with E-state index in [9.17, 15) is 4.79 Å². The third-order valence-electron chi connectivity index (χ3n) is 4.41. The van der Waals surface area contributed by atoms with Crippen LogP contribution in [0.15, 0.2) is 48.8 Å². The average Bonchev–Trinajstić information content (AvgIpc) is 3.21. The normalized spacial score (nSPS) is 17.5. The molecule has 3 aromatic rings. The molecule has 4 rings (SSSR count). The summed E-state index contributed by atoms with van der Waals surface area (Å²) >= 11 is 0. The van der Waals surface area contributed by atoms with Crippen molar-refractivity contribution >= 4 is 16.9 Å². The quantitative estimate of drug-likeness (QED) is 0.796. The van der Waals surface area contributed by atoms with Crippen molar-refractivity contribution in [1.29, 1.82) is 0 Å². The number of hydrogen-bond acceptors (Lipinski definition) is 4. The molecule has 1 atom stereocenters. The fourth-order valence-electron chi connectivity index (χ4n) is 3.12. The SMILES string of the molecule is NC1CCN(C(=O)c2cnc3c(cnn3Cc3ccccc3)c2)C1. The van der Waals surface area contributed by atoms with Crippen molar-refractivity contribution < 1.29 is 4.79 Å². The molecular weight excluding hydrogens is 302 g/mol. The first kappa shape index (κ1) is 14.8. The highest BCUT2D eigenvalue weighted by Crippen LogP contribution is 2.17. The lowest BCUT2D eigenvalue weighted by Crippen LogP contribution is -2.31. The number of amides is 1. The number of nitrogens with two attached hydrogens (primary N) is 1. The predicted molar refractivity (Wildman–Crippen MR) is 91.6 cm³/mol. The highest BCUT2D eigenvalue weighted by molar-refractivity contribution is 5.97. The van der Waals surface area contributed by atoms with Crippen LogP contribution in [0.25, 0.3) is 11.0 Å². The lowest BCUT2D eigenvalue weighted by molar-refractivity contribution is 0.0790. The average molecular weight is 321 g/mol. The summed E-state index contributed by atoms with van der Waals surface area (Å²) < 4.78 is 1.85. The Balaban J connectivity index is 1.60. The monoisotopic (exact) mass is 321 g/mol. The highest BCUT2D eigenvalue weighted by atomic mass is 16.2. The fraction of sp³-hybridized carbons (Fsp3) is 0.278. The van der Waals surface area contributed by atoms with Gasteiger partial charge in [0.1, 0.15) is 0 Å². The minimum atomic E-state index is -0.00633. The third-order valence-corrected chi connectivity index (χ3v) is 4.41. The molecule has 3 heterocycles. The Morgan fingerprint density at radius 3 is 2.83 bits per heavy atom. The molecule has 24 heavy (non-hydrogen) atoms. The number of fused-ring (bicyclic) bond motifs is 1. The number of carbonyl (C=O) groups excluding carboxylic acids is 1. The van der Waals surface area contributed by atoms with E-state index in [0.29, 0.717) is 25.2 Å². The second kappa shape index (κ2) is 6.05. The van der Waals surface area contributed by atoms with Gasteiger partial charge in [-0.1, -0.05) is 30.3 Å². The molecule has 1 unspecified atom stereocenters. The molecule has 1 amide bonds. The van der Waals surface area contributed by atoms with Crippen LogP contribution in [-0.4, -0.2) is 44.7 Å². The Hall–Kier alpha value is -2.73. The zero-order chi connectivity index (χ0) is 16.5. The van der Waals surface area contributed by atoms with Crippen molar-refractivity contribution in [2.75, 3.05) is 13.1 Å². The van der Waals surface area contributed by atoms with Gasteiger partial charge < -0.3 is 10.6 Å². The summed E-state index contributed by atoms with van der Waals surface area (Å²) in [7, 11) is 0. The Morgan fingerprint density at radius 2 is 2.08 bits per heavy atom. The van der Waals surface area contributed by atoms with Crippen molar-refractivity contribution in [3.63, 3.8) is 0 Å². The molecule has 2 aromatic heterocycles. The fourth-order valence-corrected chi connectivity index (χ4v) is 3.12. The zero-order valence-corrected chi connectivity index (χ0v) is 13.3. The number of likely N-dealkylation sites (tertiary alicyclic amines) is 1. The van der Waals surface area contributed by atoms with Crippen molar-refractivity contribution in [1.82, 2.24) is 19.7 Å². The van der Waals surface area contributed by atoms with Gasteiger partial charge in [-0.3, -0.25) is 4.79 Å². The summed E-state index contributed by atoms with van der Waals surface area (Å²) in [6.45, 7) is 1.99. The molecule has 1 aromatic carbocycles. The smallest absolute Gasteiger partial charge is 0.255 e. The Labute approximate surface area is 139 Å². The molecule has 1 aliphatic rings. The number of aromatic nitrogens is 3. The van der Waals surface area contributed by atoms with Crippen molar-refractivity contribution in [2.45, 2.75) is 19.0 Å². The molecule has 0 spiro atoms. The molecule has 2 N–H and O–H groups in total. The lowest BCUT2D eigenvalue weighted by Gasteiger charge is -2.15. The van der Waals surface area contributed by atoms with E-state index in [1.807, 2.05) is 28.9 Å². The maximum atomic E-state index is 12.5. The van der Waals surface area contributed by atoms with E-state index < -0.39 is 0 Å². The molecule has 1 aliphatic heterocycles. The molecule has 0 saturated carbocycles. The van der Waals surface area contributed by atoms with Crippen LogP contribution < -0.4 is 5.73 Å². The standard InChI is InChI=1S/C18H19N5O/c19-16-6-7-22(12-16)18(24)15-8-14-10-21-23(17(14)20-9-15)11-13-4-2-1-3-5-13/h1-5,8-10,16H,6-7,11-12,19H2. The molecule has 1 fully saturated rings. The van der Waals surface area contributed by atoms with Gasteiger partial charge in [-0.25, -0.2) is 9.67 Å². The van der Waals surface area contributed by atoms with Crippen molar-refractivity contribution in [2.24, 2.45) is 5.73 Å². The number of hydrogen-bond donors (Lipinski definition) is 1. The first-order valence-electron chi connectivity index (χ1n) is 8.11. The molecule has 0 aliphatic carbocycles. The largest absolute Gasteiger partial charge is 0.337 e. The van der Waals surface area contributed by atoms with Gasteiger partial charge in [0.05, 0.1) is 18.3 Å². The van der Waals surface area contributed by atoms with Gasteiger partial charge in [-0.05, 0) is 18.1 Å². The van der Waals surface area contributed by atoms with E-state index in [4.69, 9.17) is 5.73 Å². The van der Waals surface area contributed by atoms with Gasteiger partial charge in [-0.15, -0.1) is 0 Å². The second-order valence-corrected chi connectivity index (χ2v) is 6.22. The van der Waals surface area contributed by atoms with Gasteiger partial charge in [0, 0.05) is 30.7 Å². The first-order chi connectivity index (χ1) is 11.7. The van der Waals surface area contributed by atoms with Gasteiger partial charge in [0.25, 0.3) is 5.91 Å². The van der Waals surface area contributed by atoms with E-state index in [2.05, 4.69) is 22.2 Å². The van der Waals surface area contributed by atoms with Crippen LogP contribution in [0.2, 0.25) is 0 Å². The molecule has 6 nitrogen and oxygen atoms in total. The topological polar surface area (TPSA) is 77.0 Å². The highest BCUT2D eigenvalue weighted by Gasteiger charge is 2.25. The van der Waals surface area contributed by atoms with Crippen LogP contribution in [0.5, 0.6) is 0 Å². The molecular formula is C18H19N5O. The second-order valence-electron chi connectivity index (χ2n) is 6.22. The van der Waals surface area contributed by atoms with Crippen molar-refractivity contribution in [3.8, 4) is 0 Å². The van der Waals surface area contributed by atoms with E-state index in [0.717, 1.165) is 23.0 Å². The van der Waals surface area contributed by atoms with Gasteiger partial charge in [0.2, 0.25) is 0 Å². The number of carbonyl (C=O) groups is 1. The van der Waals surface area contributed by atoms with E-state index >= 15 is 0 Å². The summed E-state index contributed by atoms with van der Waals surface area (Å²) in [4.78, 5) is 18.8. The van der Waals surface area contributed by atoms with Crippen molar-refractivity contribution in [3.05, 3.63) is 59.9 Å². The summed E-state index contributed by atoms with van der Waals surface area (Å²) in [6.07, 6.45) is 4.26. The van der Waals surface area contributed by atoms with Crippen LogP contribution in [0.4, 0.5) is 0 Å². The van der Waals surface area contributed by atoms with Gasteiger partial charge in [0.15, 0.2) is 5.65 Å².